The fourth-order valence-electron chi connectivity index (χ4n) is 2.86. The number of nitrogens with two attached hydrogens (primary N) is 1. The summed E-state index contributed by atoms with van der Waals surface area (Å²) >= 11 is 0. The molecule has 0 saturated carbocycles. The van der Waals surface area contributed by atoms with Gasteiger partial charge in [0.1, 0.15) is 30.9 Å². The molecule has 0 amide bonds. The molecule has 0 heterocycles. The van der Waals surface area contributed by atoms with Gasteiger partial charge in [0, 0.05) is 12.3 Å². The number of ether oxygens (including phenoxy) is 1. The van der Waals surface area contributed by atoms with Crippen molar-refractivity contribution < 1.29 is 34.2 Å². The Labute approximate surface area is 194 Å². The van der Waals surface area contributed by atoms with Crippen molar-refractivity contribution >= 4 is 19.2 Å². The molecule has 10 heteroatoms. The van der Waals surface area contributed by atoms with Gasteiger partial charge in [-0.1, -0.05) is 38.1 Å². The van der Waals surface area contributed by atoms with Gasteiger partial charge >= 0.3 is 11.9 Å². The highest BCUT2D eigenvalue weighted by Crippen LogP contribution is 2.40. The second-order valence-corrected chi connectivity index (χ2v) is 10.7. The molecular formula is C23H33N2O7P. The lowest BCUT2D eigenvalue weighted by molar-refractivity contribution is -0.142. The Morgan fingerprint density at radius 2 is 1.36 bits per heavy atom. The Kier molecular flexibility index (Phi) is 11.6. The zero-order chi connectivity index (χ0) is 25.0. The molecule has 182 valence electrons. The van der Waals surface area contributed by atoms with E-state index in [0.29, 0.717) is 18.7 Å². The zero-order valence-corrected chi connectivity index (χ0v) is 20.0. The topological polar surface area (TPSA) is 159 Å². The Balaban J connectivity index is 0.000000361. The normalized spacial score (nSPS) is 12.7. The number of nitrogens with one attached hydrogen (secondary N) is 1. The van der Waals surface area contributed by atoms with E-state index < -0.39 is 31.3 Å². The number of carboxylic acid groups (broad SMARTS) is 1. The fourth-order valence-corrected chi connectivity index (χ4v) is 4.43. The third-order valence-corrected chi connectivity index (χ3v) is 7.81. The average molecular weight is 480 g/mol. The molecule has 0 unspecified atom stereocenters. The number of hydrogen-bond acceptors (Lipinski definition) is 7. The van der Waals surface area contributed by atoms with Crippen LogP contribution in [-0.4, -0.2) is 58.8 Å². The van der Waals surface area contributed by atoms with Crippen LogP contribution in [0.5, 0.6) is 11.5 Å². The highest BCUT2D eigenvalue weighted by molar-refractivity contribution is 7.61. The van der Waals surface area contributed by atoms with Gasteiger partial charge in [-0.2, -0.15) is 0 Å². The third kappa shape index (κ3) is 10.1. The van der Waals surface area contributed by atoms with Gasteiger partial charge in [-0.3, -0.25) is 14.7 Å². The largest absolute Gasteiger partial charge is 0.508 e. The fraction of sp³-hybridized carbons (Fsp3) is 0.391. The van der Waals surface area contributed by atoms with Gasteiger partial charge in [0.25, 0.3) is 0 Å². The predicted molar refractivity (Wildman–Crippen MR) is 127 cm³/mol. The number of esters is 1. The predicted octanol–water partition coefficient (Wildman–Crippen LogP) is 2.73. The Morgan fingerprint density at radius 1 is 0.939 bits per heavy atom. The molecule has 0 aliphatic rings. The van der Waals surface area contributed by atoms with E-state index in [2.05, 4.69) is 5.09 Å². The summed E-state index contributed by atoms with van der Waals surface area (Å²) in [6.07, 6.45) is 1.63. The second kappa shape index (κ2) is 13.6. The van der Waals surface area contributed by atoms with Crippen molar-refractivity contribution in [3.8, 4) is 11.5 Å². The van der Waals surface area contributed by atoms with E-state index in [4.69, 9.17) is 20.7 Å². The van der Waals surface area contributed by atoms with Gasteiger partial charge in [-0.05, 0) is 48.2 Å². The number of phenolic OH excluding ortho intramolecular Hbond substituents is 2. The first-order valence-electron chi connectivity index (χ1n) is 10.5. The number of methoxy groups -OCH3 is 1. The van der Waals surface area contributed by atoms with Crippen LogP contribution in [0.3, 0.4) is 0 Å². The molecule has 0 aromatic heterocycles. The molecule has 6 N–H and O–H groups in total. The van der Waals surface area contributed by atoms with Gasteiger partial charge in [-0.25, -0.2) is 0 Å². The highest BCUT2D eigenvalue weighted by atomic mass is 31.2. The Morgan fingerprint density at radius 3 is 1.73 bits per heavy atom. The number of aromatic hydroxyl groups is 2. The average Bonchev–Trinajstić information content (AvgIpc) is 2.81. The van der Waals surface area contributed by atoms with E-state index >= 15 is 0 Å². The molecule has 2 rings (SSSR count). The smallest absolute Gasteiger partial charge is 0.323 e. The minimum absolute atomic E-state index is 0.160. The summed E-state index contributed by atoms with van der Waals surface area (Å²) in [5, 5.41) is 29.7. The molecule has 0 aliphatic heterocycles. The SMILES string of the molecule is CCP(=O)(CC)N[C@@H](Cc1ccc(O)cc1)C(=O)OC.N[C@@H](Cc1ccc(O)cc1)C(=O)O. The first-order chi connectivity index (χ1) is 15.5. The van der Waals surface area contributed by atoms with Crippen LogP contribution in [0.15, 0.2) is 48.5 Å². The van der Waals surface area contributed by atoms with Crippen LogP contribution in [0.4, 0.5) is 0 Å². The molecule has 9 nitrogen and oxygen atoms in total. The number of carbonyl (C=O) groups excluding carboxylic acids is 1. The van der Waals surface area contributed by atoms with Crippen LogP contribution in [0.1, 0.15) is 25.0 Å². The van der Waals surface area contributed by atoms with Gasteiger partial charge in [-0.15, -0.1) is 0 Å². The molecule has 0 fully saturated rings. The number of aliphatic carboxylic acids is 1. The van der Waals surface area contributed by atoms with Crippen LogP contribution in [0, 0.1) is 0 Å². The quantitative estimate of drug-likeness (QED) is 0.254. The van der Waals surface area contributed by atoms with Crippen molar-refractivity contribution in [1.29, 1.82) is 0 Å². The summed E-state index contributed by atoms with van der Waals surface area (Å²) in [5.74, 6) is -1.12. The molecule has 2 atom stereocenters. The van der Waals surface area contributed by atoms with Crippen molar-refractivity contribution in [2.24, 2.45) is 5.73 Å². The summed E-state index contributed by atoms with van der Waals surface area (Å²) < 4.78 is 17.2. The molecule has 33 heavy (non-hydrogen) atoms. The number of phenols is 2. The molecule has 0 spiro atoms. The number of rotatable bonds is 10. The molecule has 2 aromatic carbocycles. The van der Waals surface area contributed by atoms with Crippen molar-refractivity contribution in [3.63, 3.8) is 0 Å². The summed E-state index contributed by atoms with van der Waals surface area (Å²) in [4.78, 5) is 22.2. The van der Waals surface area contributed by atoms with E-state index in [-0.39, 0.29) is 17.9 Å². The number of hydrogen-bond donors (Lipinski definition) is 5. The van der Waals surface area contributed by atoms with Crippen LogP contribution in [-0.2, 0) is 31.7 Å². The summed E-state index contributed by atoms with van der Waals surface area (Å²) in [5.41, 5.74) is 6.99. The molecule has 0 saturated heterocycles. The summed E-state index contributed by atoms with van der Waals surface area (Å²) in [7, 11) is -1.23. The third-order valence-electron chi connectivity index (χ3n) is 4.98. The minimum atomic E-state index is -2.55. The van der Waals surface area contributed by atoms with Gasteiger partial charge in [0.05, 0.1) is 7.11 Å². The molecule has 0 radical (unpaired) electrons. The lowest BCUT2D eigenvalue weighted by Crippen LogP contribution is -2.38. The maximum atomic E-state index is 12.5. The second-order valence-electron chi connectivity index (χ2n) is 7.41. The maximum Gasteiger partial charge on any atom is 0.323 e. The van der Waals surface area contributed by atoms with E-state index in [1.54, 1.807) is 36.4 Å². The Bertz CT molecular complexity index is 925. The highest BCUT2D eigenvalue weighted by Gasteiger charge is 2.27. The van der Waals surface area contributed by atoms with Gasteiger partial charge < -0.3 is 30.4 Å². The lowest BCUT2D eigenvalue weighted by Gasteiger charge is -2.23. The molecule has 0 aliphatic carbocycles. The monoisotopic (exact) mass is 480 g/mol. The lowest BCUT2D eigenvalue weighted by atomic mass is 10.1. The minimum Gasteiger partial charge on any atom is -0.508 e. The van der Waals surface area contributed by atoms with E-state index in [9.17, 15) is 19.3 Å². The molecule has 0 bridgehead atoms. The number of carbonyl (C=O) groups is 2. The van der Waals surface area contributed by atoms with Gasteiger partial charge in [0.2, 0.25) is 0 Å². The van der Waals surface area contributed by atoms with Crippen molar-refractivity contribution in [3.05, 3.63) is 59.7 Å². The van der Waals surface area contributed by atoms with Crippen LogP contribution >= 0.6 is 7.29 Å². The van der Waals surface area contributed by atoms with Gasteiger partial charge in [0.15, 0.2) is 0 Å². The van der Waals surface area contributed by atoms with E-state index in [1.807, 2.05) is 13.8 Å². The zero-order valence-electron chi connectivity index (χ0n) is 19.1. The van der Waals surface area contributed by atoms with E-state index in [1.165, 1.54) is 19.2 Å². The summed E-state index contributed by atoms with van der Waals surface area (Å²) in [6.45, 7) is 3.68. The first kappa shape index (κ1) is 28.2. The molecule has 2 aromatic rings. The van der Waals surface area contributed by atoms with Crippen molar-refractivity contribution in [2.75, 3.05) is 19.4 Å². The van der Waals surface area contributed by atoms with Crippen molar-refractivity contribution in [1.82, 2.24) is 5.09 Å². The number of benzene rings is 2. The maximum absolute atomic E-state index is 12.5. The van der Waals surface area contributed by atoms with Crippen LogP contribution in [0.25, 0.3) is 0 Å². The van der Waals surface area contributed by atoms with Crippen LogP contribution < -0.4 is 10.8 Å². The molecular weight excluding hydrogens is 447 g/mol. The van der Waals surface area contributed by atoms with Crippen LogP contribution in [0.2, 0.25) is 0 Å². The Hall–Kier alpha value is -2.87. The van der Waals surface area contributed by atoms with E-state index in [0.717, 1.165) is 11.1 Å². The van der Waals surface area contributed by atoms with Crippen molar-refractivity contribution in [2.45, 2.75) is 38.8 Å². The number of carboxylic acids is 1. The standard InChI is InChI=1S/C14H22NO4P.C9H11NO3/c1-4-20(18,5-2)15-13(14(17)19-3)10-11-6-8-12(16)9-7-11;10-8(9(12)13)5-6-1-3-7(11)4-2-6/h6-9,13,16H,4-5,10H2,1-3H3,(H,15,18);1-4,8,11H,5,10H2,(H,12,13)/t13-;8-/m00/s1. The summed E-state index contributed by atoms with van der Waals surface area (Å²) in [6, 6.07) is 11.4. The first-order valence-corrected chi connectivity index (χ1v) is 12.6.